The van der Waals surface area contributed by atoms with Crippen LogP contribution in [-0.4, -0.2) is 28.0 Å². The number of aromatic nitrogens is 2. The third kappa shape index (κ3) is 2.27. The Hall–Kier alpha value is -2.30. The van der Waals surface area contributed by atoms with Gasteiger partial charge in [0.1, 0.15) is 11.3 Å². The molecular weight excluding hydrogens is 256 g/mol. The second-order valence-corrected chi connectivity index (χ2v) is 4.63. The van der Waals surface area contributed by atoms with Crippen molar-refractivity contribution in [3.05, 3.63) is 35.0 Å². The van der Waals surface area contributed by atoms with Gasteiger partial charge in [-0.25, -0.2) is 4.79 Å². The molecule has 5 heteroatoms. The number of aryl methyl sites for hydroxylation is 3. The molecule has 0 aliphatic carbocycles. The molecule has 5 nitrogen and oxygen atoms in total. The normalized spacial score (nSPS) is 10.6. The van der Waals surface area contributed by atoms with Crippen LogP contribution in [0.25, 0.3) is 11.3 Å². The van der Waals surface area contributed by atoms with E-state index in [4.69, 9.17) is 4.74 Å². The Bertz CT molecular complexity index is 659. The maximum absolute atomic E-state index is 11.5. The van der Waals surface area contributed by atoms with Crippen LogP contribution in [0.3, 0.4) is 0 Å². The van der Waals surface area contributed by atoms with Crippen molar-refractivity contribution in [3.8, 4) is 17.0 Å². The number of aromatic carboxylic acids is 1. The average Bonchev–Trinajstić information content (AvgIpc) is 2.72. The van der Waals surface area contributed by atoms with E-state index in [0.29, 0.717) is 17.1 Å². The molecule has 2 rings (SSSR count). The molecule has 20 heavy (non-hydrogen) atoms. The predicted molar refractivity (Wildman–Crippen MR) is 76.3 cm³/mol. The minimum Gasteiger partial charge on any atom is -0.496 e. The summed E-state index contributed by atoms with van der Waals surface area (Å²) in [5, 5.41) is 13.6. The van der Waals surface area contributed by atoms with E-state index in [-0.39, 0.29) is 5.56 Å². The first-order valence-electron chi connectivity index (χ1n) is 6.43. The van der Waals surface area contributed by atoms with Crippen LogP contribution in [0.15, 0.2) is 18.2 Å². The van der Waals surface area contributed by atoms with Crippen molar-refractivity contribution >= 4 is 5.97 Å². The SMILES string of the molecule is CCc1ccc(OC)c(-c2c(C(=O)O)c(C)nn2C)c1. The number of nitrogens with zero attached hydrogens (tertiary/aromatic N) is 2. The average molecular weight is 274 g/mol. The topological polar surface area (TPSA) is 64.3 Å². The zero-order chi connectivity index (χ0) is 14.9. The monoisotopic (exact) mass is 274 g/mol. The van der Waals surface area contributed by atoms with Crippen LogP contribution in [0, 0.1) is 6.92 Å². The summed E-state index contributed by atoms with van der Waals surface area (Å²) in [5.74, 6) is -0.331. The number of hydrogen-bond acceptors (Lipinski definition) is 3. The molecule has 1 aromatic heterocycles. The van der Waals surface area contributed by atoms with E-state index < -0.39 is 5.97 Å². The van der Waals surface area contributed by atoms with E-state index in [9.17, 15) is 9.90 Å². The maximum Gasteiger partial charge on any atom is 0.339 e. The zero-order valence-electron chi connectivity index (χ0n) is 12.1. The second-order valence-electron chi connectivity index (χ2n) is 4.63. The minimum atomic E-state index is -0.977. The molecule has 0 amide bonds. The Labute approximate surface area is 117 Å². The number of benzene rings is 1. The van der Waals surface area contributed by atoms with Gasteiger partial charge in [-0.3, -0.25) is 4.68 Å². The molecular formula is C15H18N2O3. The Kier molecular flexibility index (Phi) is 3.79. The van der Waals surface area contributed by atoms with Crippen molar-refractivity contribution in [3.63, 3.8) is 0 Å². The quantitative estimate of drug-likeness (QED) is 0.931. The molecule has 2 aromatic rings. The molecule has 0 atom stereocenters. The van der Waals surface area contributed by atoms with Crippen molar-refractivity contribution in [1.29, 1.82) is 0 Å². The Balaban J connectivity index is 2.76. The largest absolute Gasteiger partial charge is 0.496 e. The molecule has 0 fully saturated rings. The van der Waals surface area contributed by atoms with E-state index in [1.165, 1.54) is 0 Å². The van der Waals surface area contributed by atoms with Gasteiger partial charge in [0.15, 0.2) is 0 Å². The molecule has 0 saturated carbocycles. The highest BCUT2D eigenvalue weighted by atomic mass is 16.5. The summed E-state index contributed by atoms with van der Waals surface area (Å²) in [6.45, 7) is 3.75. The van der Waals surface area contributed by atoms with Crippen LogP contribution < -0.4 is 4.74 Å². The highest BCUT2D eigenvalue weighted by Crippen LogP contribution is 2.34. The van der Waals surface area contributed by atoms with E-state index in [0.717, 1.165) is 17.5 Å². The number of ether oxygens (including phenoxy) is 1. The molecule has 106 valence electrons. The Morgan fingerprint density at radius 2 is 2.15 bits per heavy atom. The first kappa shape index (κ1) is 14.1. The van der Waals surface area contributed by atoms with Gasteiger partial charge in [-0.2, -0.15) is 5.10 Å². The lowest BCUT2D eigenvalue weighted by Crippen LogP contribution is -2.03. The van der Waals surface area contributed by atoms with E-state index >= 15 is 0 Å². The number of carboxylic acids is 1. The molecule has 0 unspecified atom stereocenters. The van der Waals surface area contributed by atoms with Gasteiger partial charge in [0.05, 0.1) is 18.5 Å². The summed E-state index contributed by atoms with van der Waals surface area (Å²) in [7, 11) is 3.32. The van der Waals surface area contributed by atoms with Gasteiger partial charge in [-0.05, 0) is 31.0 Å². The van der Waals surface area contributed by atoms with Crippen LogP contribution in [-0.2, 0) is 13.5 Å². The Morgan fingerprint density at radius 1 is 1.45 bits per heavy atom. The lowest BCUT2D eigenvalue weighted by Gasteiger charge is -2.11. The number of hydrogen-bond donors (Lipinski definition) is 1. The van der Waals surface area contributed by atoms with Crippen LogP contribution in [0.2, 0.25) is 0 Å². The van der Waals surface area contributed by atoms with Crippen molar-refractivity contribution in [2.24, 2.45) is 7.05 Å². The van der Waals surface area contributed by atoms with Crippen molar-refractivity contribution in [2.45, 2.75) is 20.3 Å². The van der Waals surface area contributed by atoms with Crippen LogP contribution in [0.1, 0.15) is 28.5 Å². The molecule has 1 aromatic carbocycles. The smallest absolute Gasteiger partial charge is 0.339 e. The van der Waals surface area contributed by atoms with Gasteiger partial charge < -0.3 is 9.84 Å². The van der Waals surface area contributed by atoms with Gasteiger partial charge in [0.25, 0.3) is 0 Å². The highest BCUT2D eigenvalue weighted by Gasteiger charge is 2.23. The van der Waals surface area contributed by atoms with Gasteiger partial charge >= 0.3 is 5.97 Å². The standard InChI is InChI=1S/C15H18N2O3/c1-5-10-6-7-12(20-4)11(8-10)14-13(15(18)19)9(2)16-17(14)3/h6-8H,5H2,1-4H3,(H,18,19). The first-order chi connectivity index (χ1) is 9.49. The summed E-state index contributed by atoms with van der Waals surface area (Å²) in [5.41, 5.74) is 3.17. The van der Waals surface area contributed by atoms with Crippen molar-refractivity contribution in [2.75, 3.05) is 7.11 Å². The van der Waals surface area contributed by atoms with Gasteiger partial charge in [-0.15, -0.1) is 0 Å². The fourth-order valence-electron chi connectivity index (χ4n) is 2.38. The van der Waals surface area contributed by atoms with Crippen LogP contribution in [0.4, 0.5) is 0 Å². The molecule has 1 heterocycles. The molecule has 0 saturated heterocycles. The van der Waals surface area contributed by atoms with Gasteiger partial charge in [0, 0.05) is 12.6 Å². The highest BCUT2D eigenvalue weighted by molar-refractivity contribution is 5.97. The lowest BCUT2D eigenvalue weighted by molar-refractivity contribution is 0.0697. The fourth-order valence-corrected chi connectivity index (χ4v) is 2.38. The van der Waals surface area contributed by atoms with Crippen molar-refractivity contribution < 1.29 is 14.6 Å². The number of methoxy groups -OCH3 is 1. The molecule has 1 N–H and O–H groups in total. The zero-order valence-corrected chi connectivity index (χ0v) is 12.1. The number of rotatable bonds is 4. The number of carboxylic acid groups (broad SMARTS) is 1. The fraction of sp³-hybridized carbons (Fsp3) is 0.333. The summed E-state index contributed by atoms with van der Waals surface area (Å²) in [6, 6.07) is 5.80. The van der Waals surface area contributed by atoms with E-state index in [2.05, 4.69) is 12.0 Å². The summed E-state index contributed by atoms with van der Waals surface area (Å²) < 4.78 is 6.96. The van der Waals surface area contributed by atoms with Crippen LogP contribution >= 0.6 is 0 Å². The second kappa shape index (κ2) is 5.36. The molecule has 0 spiro atoms. The van der Waals surface area contributed by atoms with E-state index in [1.54, 1.807) is 25.8 Å². The molecule has 0 radical (unpaired) electrons. The van der Waals surface area contributed by atoms with Gasteiger partial charge in [-0.1, -0.05) is 13.0 Å². The third-order valence-corrected chi connectivity index (χ3v) is 3.36. The Morgan fingerprint density at radius 3 is 2.70 bits per heavy atom. The molecule has 0 aliphatic rings. The summed E-state index contributed by atoms with van der Waals surface area (Å²) in [6.07, 6.45) is 0.871. The summed E-state index contributed by atoms with van der Waals surface area (Å²) in [4.78, 5) is 11.5. The number of carbonyl (C=O) groups is 1. The summed E-state index contributed by atoms with van der Waals surface area (Å²) >= 11 is 0. The molecule has 0 bridgehead atoms. The minimum absolute atomic E-state index is 0.221. The molecule has 0 aliphatic heterocycles. The lowest BCUT2D eigenvalue weighted by atomic mass is 10.0. The van der Waals surface area contributed by atoms with Crippen LogP contribution in [0.5, 0.6) is 5.75 Å². The third-order valence-electron chi connectivity index (χ3n) is 3.36. The van der Waals surface area contributed by atoms with E-state index in [1.807, 2.05) is 18.2 Å². The first-order valence-corrected chi connectivity index (χ1v) is 6.43. The van der Waals surface area contributed by atoms with Crippen molar-refractivity contribution in [1.82, 2.24) is 9.78 Å². The maximum atomic E-state index is 11.5. The predicted octanol–water partition coefficient (Wildman–Crippen LogP) is 2.66. The van der Waals surface area contributed by atoms with Gasteiger partial charge in [0.2, 0.25) is 0 Å².